The SMILES string of the molecule is Cc1cc(=O)[nH]c(-c2ccc[nH]2)n1. The quantitative estimate of drug-likeness (QED) is 0.681. The molecule has 0 aliphatic rings. The van der Waals surface area contributed by atoms with Gasteiger partial charge in [0.15, 0.2) is 5.82 Å². The van der Waals surface area contributed by atoms with E-state index < -0.39 is 0 Å². The first-order chi connectivity index (χ1) is 6.25. The Morgan fingerprint density at radius 2 is 2.31 bits per heavy atom. The summed E-state index contributed by atoms with van der Waals surface area (Å²) in [6.07, 6.45) is 1.79. The number of hydrogen-bond donors (Lipinski definition) is 2. The molecular weight excluding hydrogens is 166 g/mol. The van der Waals surface area contributed by atoms with Gasteiger partial charge >= 0.3 is 0 Å². The minimum absolute atomic E-state index is 0.128. The van der Waals surface area contributed by atoms with E-state index in [2.05, 4.69) is 15.0 Å². The highest BCUT2D eigenvalue weighted by atomic mass is 16.1. The zero-order valence-corrected chi connectivity index (χ0v) is 7.16. The van der Waals surface area contributed by atoms with Gasteiger partial charge in [0.2, 0.25) is 0 Å². The summed E-state index contributed by atoms with van der Waals surface area (Å²) in [5.41, 5.74) is 1.41. The van der Waals surface area contributed by atoms with Gasteiger partial charge in [-0.2, -0.15) is 0 Å². The van der Waals surface area contributed by atoms with E-state index in [0.717, 1.165) is 5.69 Å². The molecule has 13 heavy (non-hydrogen) atoms. The smallest absolute Gasteiger partial charge is 0.251 e. The normalized spacial score (nSPS) is 10.2. The molecule has 0 radical (unpaired) electrons. The highest BCUT2D eigenvalue weighted by Gasteiger charge is 2.00. The molecule has 2 heterocycles. The zero-order valence-electron chi connectivity index (χ0n) is 7.16. The molecule has 0 bridgehead atoms. The number of aromatic amines is 2. The van der Waals surface area contributed by atoms with E-state index in [1.54, 1.807) is 13.1 Å². The van der Waals surface area contributed by atoms with Gasteiger partial charge in [-0.3, -0.25) is 4.79 Å². The molecule has 4 nitrogen and oxygen atoms in total. The summed E-state index contributed by atoms with van der Waals surface area (Å²) in [4.78, 5) is 20.9. The van der Waals surface area contributed by atoms with Crippen molar-refractivity contribution in [3.05, 3.63) is 40.4 Å². The van der Waals surface area contributed by atoms with Gasteiger partial charge in [-0.1, -0.05) is 0 Å². The Labute approximate surface area is 74.7 Å². The summed E-state index contributed by atoms with van der Waals surface area (Å²) in [6.45, 7) is 1.79. The Kier molecular flexibility index (Phi) is 1.73. The van der Waals surface area contributed by atoms with E-state index in [1.807, 2.05) is 12.1 Å². The Bertz CT molecular complexity index is 456. The fraction of sp³-hybridized carbons (Fsp3) is 0.111. The first kappa shape index (κ1) is 7.79. The molecule has 0 saturated carbocycles. The molecule has 0 spiro atoms. The van der Waals surface area contributed by atoms with Crippen LogP contribution < -0.4 is 5.56 Å². The van der Waals surface area contributed by atoms with Crippen molar-refractivity contribution >= 4 is 0 Å². The number of aromatic nitrogens is 3. The van der Waals surface area contributed by atoms with Crippen molar-refractivity contribution in [1.29, 1.82) is 0 Å². The summed E-state index contributed by atoms with van der Waals surface area (Å²) in [5, 5.41) is 0. The molecule has 66 valence electrons. The maximum atomic E-state index is 11.1. The standard InChI is InChI=1S/C9H9N3O/c1-6-5-8(13)12-9(11-6)7-3-2-4-10-7/h2-5,10H,1H3,(H,11,12,13). The van der Waals surface area contributed by atoms with Crippen molar-refractivity contribution in [3.63, 3.8) is 0 Å². The van der Waals surface area contributed by atoms with Crippen LogP contribution in [-0.2, 0) is 0 Å². The average Bonchev–Trinajstić information content (AvgIpc) is 2.53. The lowest BCUT2D eigenvalue weighted by Crippen LogP contribution is -2.08. The van der Waals surface area contributed by atoms with Crippen LogP contribution in [0.2, 0.25) is 0 Å². The van der Waals surface area contributed by atoms with E-state index in [-0.39, 0.29) is 5.56 Å². The topological polar surface area (TPSA) is 61.5 Å². The Morgan fingerprint density at radius 1 is 1.46 bits per heavy atom. The van der Waals surface area contributed by atoms with Crippen LogP contribution in [0, 0.1) is 6.92 Å². The summed E-state index contributed by atoms with van der Waals surface area (Å²) in [7, 11) is 0. The molecule has 0 unspecified atom stereocenters. The first-order valence-electron chi connectivity index (χ1n) is 3.97. The van der Waals surface area contributed by atoms with Crippen LogP contribution in [0.3, 0.4) is 0 Å². The summed E-state index contributed by atoms with van der Waals surface area (Å²) in [5.74, 6) is 0.579. The van der Waals surface area contributed by atoms with Crippen LogP contribution in [0.15, 0.2) is 29.2 Å². The molecule has 0 saturated heterocycles. The van der Waals surface area contributed by atoms with Crippen molar-refractivity contribution < 1.29 is 0 Å². The Balaban J connectivity index is 2.59. The largest absolute Gasteiger partial charge is 0.359 e. The van der Waals surface area contributed by atoms with Crippen LogP contribution in [0.1, 0.15) is 5.69 Å². The van der Waals surface area contributed by atoms with Crippen molar-refractivity contribution in [1.82, 2.24) is 15.0 Å². The molecule has 0 atom stereocenters. The highest BCUT2D eigenvalue weighted by Crippen LogP contribution is 2.08. The van der Waals surface area contributed by atoms with Gasteiger partial charge in [-0.15, -0.1) is 0 Å². The Hall–Kier alpha value is -1.84. The molecule has 0 aromatic carbocycles. The lowest BCUT2D eigenvalue weighted by molar-refractivity contribution is 1.06. The van der Waals surface area contributed by atoms with Crippen LogP contribution >= 0.6 is 0 Å². The van der Waals surface area contributed by atoms with E-state index in [1.165, 1.54) is 6.07 Å². The predicted molar refractivity (Wildman–Crippen MR) is 49.4 cm³/mol. The second-order valence-corrected chi connectivity index (χ2v) is 2.82. The number of H-pyrrole nitrogens is 2. The minimum atomic E-state index is -0.128. The maximum absolute atomic E-state index is 11.1. The van der Waals surface area contributed by atoms with Crippen LogP contribution in [0.5, 0.6) is 0 Å². The number of rotatable bonds is 1. The summed E-state index contributed by atoms with van der Waals surface area (Å²) >= 11 is 0. The van der Waals surface area contributed by atoms with E-state index in [0.29, 0.717) is 11.5 Å². The Morgan fingerprint density at radius 3 is 2.92 bits per heavy atom. The van der Waals surface area contributed by atoms with Gasteiger partial charge in [-0.25, -0.2) is 4.98 Å². The number of hydrogen-bond acceptors (Lipinski definition) is 2. The molecule has 0 fully saturated rings. The molecular formula is C9H9N3O. The lowest BCUT2D eigenvalue weighted by atomic mass is 10.3. The average molecular weight is 175 g/mol. The number of nitrogens with zero attached hydrogens (tertiary/aromatic N) is 1. The van der Waals surface area contributed by atoms with Gasteiger partial charge in [-0.05, 0) is 19.1 Å². The molecule has 0 aliphatic carbocycles. The molecule has 2 rings (SSSR count). The van der Waals surface area contributed by atoms with Crippen LogP contribution in [-0.4, -0.2) is 15.0 Å². The third kappa shape index (κ3) is 1.51. The highest BCUT2D eigenvalue weighted by molar-refractivity contribution is 5.48. The third-order valence-corrected chi connectivity index (χ3v) is 1.72. The second-order valence-electron chi connectivity index (χ2n) is 2.82. The van der Waals surface area contributed by atoms with Crippen LogP contribution in [0.4, 0.5) is 0 Å². The molecule has 4 heteroatoms. The van der Waals surface area contributed by atoms with E-state index >= 15 is 0 Å². The number of nitrogens with one attached hydrogen (secondary N) is 2. The zero-order chi connectivity index (χ0) is 9.26. The minimum Gasteiger partial charge on any atom is -0.359 e. The van der Waals surface area contributed by atoms with Gasteiger partial charge in [0.1, 0.15) is 0 Å². The fourth-order valence-corrected chi connectivity index (χ4v) is 1.18. The van der Waals surface area contributed by atoms with Gasteiger partial charge in [0, 0.05) is 18.0 Å². The molecule has 2 aromatic heterocycles. The van der Waals surface area contributed by atoms with Gasteiger partial charge in [0.05, 0.1) is 5.69 Å². The van der Waals surface area contributed by atoms with Crippen LogP contribution in [0.25, 0.3) is 11.5 Å². The predicted octanol–water partition coefficient (Wildman–Crippen LogP) is 1.07. The maximum Gasteiger partial charge on any atom is 0.251 e. The van der Waals surface area contributed by atoms with Gasteiger partial charge in [0.25, 0.3) is 5.56 Å². The molecule has 2 aromatic rings. The van der Waals surface area contributed by atoms with Gasteiger partial charge < -0.3 is 9.97 Å². The second kappa shape index (κ2) is 2.90. The van der Waals surface area contributed by atoms with Crippen molar-refractivity contribution in [2.45, 2.75) is 6.92 Å². The third-order valence-electron chi connectivity index (χ3n) is 1.72. The van der Waals surface area contributed by atoms with Crippen molar-refractivity contribution in [3.8, 4) is 11.5 Å². The molecule has 0 amide bonds. The summed E-state index contributed by atoms with van der Waals surface area (Å²) < 4.78 is 0. The van der Waals surface area contributed by atoms with Crippen molar-refractivity contribution in [2.24, 2.45) is 0 Å². The van der Waals surface area contributed by atoms with E-state index in [9.17, 15) is 4.79 Å². The summed E-state index contributed by atoms with van der Waals surface area (Å²) in [6, 6.07) is 5.18. The molecule has 2 N–H and O–H groups in total. The number of aryl methyl sites for hydroxylation is 1. The van der Waals surface area contributed by atoms with E-state index in [4.69, 9.17) is 0 Å². The van der Waals surface area contributed by atoms with Crippen molar-refractivity contribution in [2.75, 3.05) is 0 Å². The fourth-order valence-electron chi connectivity index (χ4n) is 1.18. The monoisotopic (exact) mass is 175 g/mol. The molecule has 0 aliphatic heterocycles. The lowest BCUT2D eigenvalue weighted by Gasteiger charge is -1.97. The first-order valence-corrected chi connectivity index (χ1v) is 3.97.